The average molecular weight is 301 g/mol. The Labute approximate surface area is 115 Å². The number of aryl methyl sites for hydroxylation is 1. The van der Waals surface area contributed by atoms with Gasteiger partial charge in [0.15, 0.2) is 0 Å². The Balaban J connectivity index is 2.36. The second-order valence-electron chi connectivity index (χ2n) is 3.88. The monoisotopic (exact) mass is 300 g/mol. The lowest BCUT2D eigenvalue weighted by atomic mass is 10.2. The van der Waals surface area contributed by atoms with Gasteiger partial charge in [0.05, 0.1) is 10.6 Å². The maximum atomic E-state index is 13.0. The molecule has 0 unspecified atom stereocenters. The van der Waals surface area contributed by atoms with E-state index in [1.54, 1.807) is 6.92 Å². The Morgan fingerprint density at radius 3 is 2.63 bits per heavy atom. The van der Waals surface area contributed by atoms with Crippen LogP contribution in [0.5, 0.6) is 0 Å². The molecule has 1 N–H and O–H groups in total. The Morgan fingerprint density at radius 2 is 2.00 bits per heavy atom. The molecule has 0 radical (unpaired) electrons. The summed E-state index contributed by atoms with van der Waals surface area (Å²) in [5, 5.41) is 0.0821. The molecule has 0 amide bonds. The number of nitrogens with zero attached hydrogens (tertiary/aromatic N) is 1. The minimum atomic E-state index is -3.77. The highest BCUT2D eigenvalue weighted by Gasteiger charge is 2.16. The molecule has 0 aliphatic rings. The Kier molecular flexibility index (Phi) is 3.73. The maximum Gasteiger partial charge on any atom is 0.262 e. The second kappa shape index (κ2) is 5.14. The molecule has 0 fully saturated rings. The fraction of sp³-hybridized carbons (Fsp3) is 0.0833. The minimum Gasteiger partial charge on any atom is -0.279 e. The molecule has 1 aromatic heterocycles. The van der Waals surface area contributed by atoms with Crippen LogP contribution in [0.4, 0.5) is 10.1 Å². The lowest BCUT2D eigenvalue weighted by molar-refractivity contribution is 0.600. The summed E-state index contributed by atoms with van der Waals surface area (Å²) < 4.78 is 39.5. The van der Waals surface area contributed by atoms with E-state index in [0.717, 1.165) is 0 Å². The molecule has 0 bridgehead atoms. The van der Waals surface area contributed by atoms with Crippen LogP contribution in [0.2, 0.25) is 5.15 Å². The molecule has 1 heterocycles. The predicted molar refractivity (Wildman–Crippen MR) is 71.2 cm³/mol. The zero-order valence-corrected chi connectivity index (χ0v) is 11.5. The quantitative estimate of drug-likeness (QED) is 0.887. The second-order valence-corrected chi connectivity index (χ2v) is 5.95. The Hall–Kier alpha value is -1.66. The highest BCUT2D eigenvalue weighted by atomic mass is 35.5. The van der Waals surface area contributed by atoms with E-state index in [0.29, 0.717) is 11.3 Å². The standard InChI is InChI=1S/C12H10ClFN2O2S/c1-8-6-9(14)2-3-11(8)16-19(17,18)10-4-5-15-12(13)7-10/h2-7,16H,1H3. The highest BCUT2D eigenvalue weighted by molar-refractivity contribution is 7.92. The molecule has 0 spiro atoms. The van der Waals surface area contributed by atoms with Crippen molar-refractivity contribution < 1.29 is 12.8 Å². The van der Waals surface area contributed by atoms with Crippen LogP contribution in [-0.2, 0) is 10.0 Å². The van der Waals surface area contributed by atoms with Gasteiger partial charge < -0.3 is 0 Å². The van der Waals surface area contributed by atoms with E-state index in [9.17, 15) is 12.8 Å². The number of hydrogen-bond donors (Lipinski definition) is 1. The first-order valence-electron chi connectivity index (χ1n) is 5.29. The summed E-state index contributed by atoms with van der Waals surface area (Å²) in [7, 11) is -3.77. The van der Waals surface area contributed by atoms with Gasteiger partial charge in [0.25, 0.3) is 10.0 Å². The molecule has 1 aromatic carbocycles. The number of pyridine rings is 1. The number of anilines is 1. The van der Waals surface area contributed by atoms with Gasteiger partial charge in [0.1, 0.15) is 11.0 Å². The fourth-order valence-electron chi connectivity index (χ4n) is 1.50. The summed E-state index contributed by atoms with van der Waals surface area (Å²) in [5.41, 5.74) is 0.804. The van der Waals surface area contributed by atoms with Crippen molar-refractivity contribution in [3.63, 3.8) is 0 Å². The SMILES string of the molecule is Cc1cc(F)ccc1NS(=O)(=O)c1ccnc(Cl)c1. The van der Waals surface area contributed by atoms with Gasteiger partial charge in [-0.05, 0) is 42.8 Å². The van der Waals surface area contributed by atoms with Crippen molar-refractivity contribution in [3.05, 3.63) is 53.1 Å². The molecule has 19 heavy (non-hydrogen) atoms. The van der Waals surface area contributed by atoms with Crippen molar-refractivity contribution >= 4 is 27.3 Å². The largest absolute Gasteiger partial charge is 0.279 e. The summed E-state index contributed by atoms with van der Waals surface area (Å²) in [6, 6.07) is 6.36. The third-order valence-corrected chi connectivity index (χ3v) is 4.01. The summed E-state index contributed by atoms with van der Waals surface area (Å²) in [5.74, 6) is -0.424. The van der Waals surface area contributed by atoms with Crippen molar-refractivity contribution in [3.8, 4) is 0 Å². The number of aromatic nitrogens is 1. The van der Waals surface area contributed by atoms with Crippen LogP contribution in [0.3, 0.4) is 0 Å². The van der Waals surface area contributed by atoms with Crippen LogP contribution >= 0.6 is 11.6 Å². The summed E-state index contributed by atoms with van der Waals surface area (Å²) >= 11 is 5.65. The van der Waals surface area contributed by atoms with E-state index in [1.807, 2.05) is 0 Å². The first-order valence-corrected chi connectivity index (χ1v) is 7.15. The molecule has 0 saturated carbocycles. The van der Waals surface area contributed by atoms with Crippen molar-refractivity contribution in [2.24, 2.45) is 0 Å². The Morgan fingerprint density at radius 1 is 1.26 bits per heavy atom. The molecule has 2 rings (SSSR count). The van der Waals surface area contributed by atoms with Gasteiger partial charge in [-0.3, -0.25) is 4.72 Å². The van der Waals surface area contributed by atoms with E-state index in [1.165, 1.54) is 36.5 Å². The topological polar surface area (TPSA) is 59.1 Å². The van der Waals surface area contributed by atoms with Crippen LogP contribution in [0.25, 0.3) is 0 Å². The number of hydrogen-bond acceptors (Lipinski definition) is 3. The summed E-state index contributed by atoms with van der Waals surface area (Å²) in [6.07, 6.45) is 1.30. The van der Waals surface area contributed by atoms with Crippen molar-refractivity contribution in [1.82, 2.24) is 4.98 Å². The average Bonchev–Trinajstić information content (AvgIpc) is 2.33. The van der Waals surface area contributed by atoms with Crippen LogP contribution < -0.4 is 4.72 Å². The zero-order valence-electron chi connectivity index (χ0n) is 9.89. The first kappa shape index (κ1) is 13.8. The molecule has 7 heteroatoms. The predicted octanol–water partition coefficient (Wildman–Crippen LogP) is 2.98. The van der Waals surface area contributed by atoms with Crippen LogP contribution in [0, 0.1) is 12.7 Å². The van der Waals surface area contributed by atoms with Gasteiger partial charge in [0.2, 0.25) is 0 Å². The molecule has 2 aromatic rings. The lowest BCUT2D eigenvalue weighted by Crippen LogP contribution is -2.14. The van der Waals surface area contributed by atoms with E-state index in [2.05, 4.69) is 9.71 Å². The van der Waals surface area contributed by atoms with Gasteiger partial charge in [-0.1, -0.05) is 11.6 Å². The number of benzene rings is 1. The molecule has 0 saturated heterocycles. The summed E-state index contributed by atoms with van der Waals surface area (Å²) in [4.78, 5) is 3.71. The number of sulfonamides is 1. The maximum absolute atomic E-state index is 13.0. The van der Waals surface area contributed by atoms with Gasteiger partial charge in [-0.15, -0.1) is 0 Å². The smallest absolute Gasteiger partial charge is 0.262 e. The lowest BCUT2D eigenvalue weighted by Gasteiger charge is -2.10. The highest BCUT2D eigenvalue weighted by Crippen LogP contribution is 2.21. The van der Waals surface area contributed by atoms with Gasteiger partial charge in [-0.25, -0.2) is 17.8 Å². The van der Waals surface area contributed by atoms with Gasteiger partial charge in [0, 0.05) is 6.20 Å². The summed E-state index contributed by atoms with van der Waals surface area (Å²) in [6.45, 7) is 1.61. The van der Waals surface area contributed by atoms with Gasteiger partial charge in [-0.2, -0.15) is 0 Å². The molecule has 0 atom stereocenters. The third kappa shape index (κ3) is 3.21. The van der Waals surface area contributed by atoms with Crippen molar-refractivity contribution in [1.29, 1.82) is 0 Å². The van der Waals surface area contributed by atoms with Crippen molar-refractivity contribution in [2.45, 2.75) is 11.8 Å². The van der Waals surface area contributed by atoms with E-state index in [-0.39, 0.29) is 10.0 Å². The van der Waals surface area contributed by atoms with Crippen LogP contribution in [0.1, 0.15) is 5.56 Å². The molecule has 100 valence electrons. The fourth-order valence-corrected chi connectivity index (χ4v) is 2.88. The van der Waals surface area contributed by atoms with Gasteiger partial charge >= 0.3 is 0 Å². The van der Waals surface area contributed by atoms with E-state index >= 15 is 0 Å². The molecular weight excluding hydrogens is 291 g/mol. The molecule has 0 aliphatic heterocycles. The third-order valence-electron chi connectivity index (χ3n) is 2.44. The van der Waals surface area contributed by atoms with E-state index < -0.39 is 15.8 Å². The minimum absolute atomic E-state index is 0.00350. The molecular formula is C12H10ClFN2O2S. The molecule has 0 aliphatic carbocycles. The van der Waals surface area contributed by atoms with E-state index in [4.69, 9.17) is 11.6 Å². The van der Waals surface area contributed by atoms with Crippen LogP contribution in [-0.4, -0.2) is 13.4 Å². The Bertz CT molecular complexity index is 719. The zero-order chi connectivity index (χ0) is 14.0. The normalized spacial score (nSPS) is 11.3. The van der Waals surface area contributed by atoms with Crippen molar-refractivity contribution in [2.75, 3.05) is 4.72 Å². The molecule has 4 nitrogen and oxygen atoms in total. The number of nitrogens with one attached hydrogen (secondary N) is 1. The number of rotatable bonds is 3. The number of halogens is 2. The van der Waals surface area contributed by atoms with Crippen LogP contribution in [0.15, 0.2) is 41.4 Å². The first-order chi connectivity index (χ1) is 8.88.